The minimum atomic E-state index is -4.33. The number of nitrogens with one attached hydrogen (secondary N) is 2. The van der Waals surface area contributed by atoms with Gasteiger partial charge in [-0.05, 0) is 89.5 Å². The predicted octanol–water partition coefficient (Wildman–Crippen LogP) is 4.39. The van der Waals surface area contributed by atoms with Crippen LogP contribution in [0, 0.1) is 5.82 Å². The molecule has 0 spiro atoms. The fourth-order valence-corrected chi connectivity index (χ4v) is 5.45. The van der Waals surface area contributed by atoms with Crippen LogP contribution in [0.15, 0.2) is 41.8 Å². The molecule has 5 rings (SSSR count). The first-order valence-electron chi connectivity index (χ1n) is 13.0. The summed E-state index contributed by atoms with van der Waals surface area (Å²) in [7, 11) is -4.33. The summed E-state index contributed by atoms with van der Waals surface area (Å²) in [4.78, 5) is 20.0. The second-order valence-electron chi connectivity index (χ2n) is 11.4. The molecule has 40 heavy (non-hydrogen) atoms. The summed E-state index contributed by atoms with van der Waals surface area (Å²) < 4.78 is 54.6. The van der Waals surface area contributed by atoms with Gasteiger partial charge in [-0.15, -0.1) is 5.10 Å². The van der Waals surface area contributed by atoms with Crippen molar-refractivity contribution >= 4 is 27.8 Å². The average molecular weight is 574 g/mol. The summed E-state index contributed by atoms with van der Waals surface area (Å²) in [6, 6.07) is 3.75. The third-order valence-electron chi connectivity index (χ3n) is 6.99. The van der Waals surface area contributed by atoms with E-state index in [2.05, 4.69) is 32.4 Å². The van der Waals surface area contributed by atoms with Crippen LogP contribution in [0.1, 0.15) is 71.3 Å². The van der Waals surface area contributed by atoms with Gasteiger partial charge in [0.15, 0.2) is 0 Å². The van der Waals surface area contributed by atoms with Gasteiger partial charge in [0, 0.05) is 17.9 Å². The number of aromatic nitrogens is 5. The van der Waals surface area contributed by atoms with E-state index < -0.39 is 32.4 Å². The molecular formula is C26H32FN7O5S. The third kappa shape index (κ3) is 6.32. The molecule has 0 saturated heterocycles. The zero-order valence-electron chi connectivity index (χ0n) is 22.7. The lowest BCUT2D eigenvalue weighted by molar-refractivity contribution is 0.0570. The highest BCUT2D eigenvalue weighted by molar-refractivity contribution is 7.90. The number of rotatable bonds is 8. The van der Waals surface area contributed by atoms with E-state index in [1.54, 1.807) is 44.2 Å². The maximum atomic E-state index is 14.8. The van der Waals surface area contributed by atoms with Gasteiger partial charge in [0.1, 0.15) is 23.8 Å². The Bertz CT molecular complexity index is 1500. The van der Waals surface area contributed by atoms with Crippen LogP contribution in [0.3, 0.4) is 0 Å². The van der Waals surface area contributed by atoms with Gasteiger partial charge >= 0.3 is 12.1 Å². The Morgan fingerprint density at radius 2 is 1.90 bits per heavy atom. The second kappa shape index (κ2) is 10.3. The minimum Gasteiger partial charge on any atom is -0.460 e. The standard InChI is InChI=1S/C26H32FN7O5S/c1-25(2,3)39-24(35)33-40(36,37)19-7-8-21(20(27)12-19)31-22-28-13-17(14-29-22)16-5-6-18(11-16)38-23-32-30-15-34(23)26(4)9-10-26/h7-8,12-16,18H,5-6,9-11H2,1-4H3,(H,33,35)(H,28,29,31)/t16-,18+/m1/s1. The smallest absolute Gasteiger partial charge is 0.421 e. The molecule has 2 N–H and O–H groups in total. The third-order valence-corrected chi connectivity index (χ3v) is 8.30. The van der Waals surface area contributed by atoms with E-state index in [0.717, 1.165) is 49.8 Å². The molecule has 0 aliphatic heterocycles. The first-order chi connectivity index (χ1) is 18.8. The number of sulfonamides is 1. The summed E-state index contributed by atoms with van der Waals surface area (Å²) >= 11 is 0. The van der Waals surface area contributed by atoms with Crippen molar-refractivity contribution in [2.45, 2.75) is 87.9 Å². The highest BCUT2D eigenvalue weighted by atomic mass is 32.2. The predicted molar refractivity (Wildman–Crippen MR) is 142 cm³/mol. The lowest BCUT2D eigenvalue weighted by Gasteiger charge is -2.19. The van der Waals surface area contributed by atoms with E-state index in [-0.39, 0.29) is 29.2 Å². The van der Waals surface area contributed by atoms with Gasteiger partial charge < -0.3 is 14.8 Å². The van der Waals surface area contributed by atoms with Gasteiger partial charge in [-0.2, -0.15) is 0 Å². The monoisotopic (exact) mass is 573 g/mol. The molecule has 3 aromatic rings. The Morgan fingerprint density at radius 3 is 2.55 bits per heavy atom. The molecule has 0 unspecified atom stereocenters. The number of hydrogen-bond donors (Lipinski definition) is 2. The molecule has 0 radical (unpaired) electrons. The van der Waals surface area contributed by atoms with Crippen molar-refractivity contribution in [3.05, 3.63) is 48.3 Å². The van der Waals surface area contributed by atoms with E-state index in [4.69, 9.17) is 9.47 Å². The SMILES string of the molecule is CC(C)(C)OC(=O)NS(=O)(=O)c1ccc(Nc2ncc([C@@H]3CC[C@H](Oc4nncn4C4(C)CC4)C3)cn2)c(F)c1. The molecule has 14 heteroatoms. The fourth-order valence-electron chi connectivity index (χ4n) is 4.56. The molecule has 2 aliphatic carbocycles. The number of ether oxygens (including phenoxy) is 2. The van der Waals surface area contributed by atoms with E-state index in [1.165, 1.54) is 6.07 Å². The van der Waals surface area contributed by atoms with Crippen LogP contribution < -0.4 is 14.8 Å². The molecule has 2 aliphatic rings. The number of amides is 1. The van der Waals surface area contributed by atoms with Gasteiger partial charge in [-0.1, -0.05) is 5.10 Å². The molecule has 2 saturated carbocycles. The highest BCUT2D eigenvalue weighted by Crippen LogP contribution is 2.45. The van der Waals surface area contributed by atoms with Crippen molar-refractivity contribution in [1.29, 1.82) is 0 Å². The molecule has 1 amide bonds. The molecule has 2 heterocycles. The molecule has 1 aromatic carbocycles. The van der Waals surface area contributed by atoms with Crippen LogP contribution in [-0.4, -0.2) is 50.9 Å². The maximum absolute atomic E-state index is 14.8. The fraction of sp³-hybridized carbons (Fsp3) is 0.500. The molecular weight excluding hydrogens is 541 g/mol. The summed E-state index contributed by atoms with van der Waals surface area (Å²) in [5, 5.41) is 10.9. The number of benzene rings is 1. The van der Waals surface area contributed by atoms with Gasteiger partial charge in [0.05, 0.1) is 10.6 Å². The van der Waals surface area contributed by atoms with Gasteiger partial charge in [0.2, 0.25) is 5.95 Å². The lowest BCUT2D eigenvalue weighted by atomic mass is 10.0. The van der Waals surface area contributed by atoms with Gasteiger partial charge in [0.25, 0.3) is 10.0 Å². The Labute approximate surface area is 231 Å². The summed E-state index contributed by atoms with van der Waals surface area (Å²) in [5.74, 6) is -0.490. The van der Waals surface area contributed by atoms with Crippen LogP contribution >= 0.6 is 0 Å². The number of carbonyl (C=O) groups excluding carboxylic acids is 1. The Hall–Kier alpha value is -3.81. The average Bonchev–Trinajstić information content (AvgIpc) is 3.24. The highest BCUT2D eigenvalue weighted by Gasteiger charge is 2.42. The molecule has 2 aromatic heterocycles. The lowest BCUT2D eigenvalue weighted by Crippen LogP contribution is -2.36. The van der Waals surface area contributed by atoms with Crippen molar-refractivity contribution < 1.29 is 27.1 Å². The van der Waals surface area contributed by atoms with Crippen LogP contribution in [-0.2, 0) is 20.3 Å². The number of anilines is 2. The van der Waals surface area contributed by atoms with E-state index in [9.17, 15) is 17.6 Å². The van der Waals surface area contributed by atoms with Crippen molar-refractivity contribution in [2.75, 3.05) is 5.32 Å². The van der Waals surface area contributed by atoms with Crippen LogP contribution in [0.5, 0.6) is 6.01 Å². The number of hydrogen-bond acceptors (Lipinski definition) is 10. The first kappa shape index (κ1) is 27.7. The molecule has 12 nitrogen and oxygen atoms in total. The zero-order chi connectivity index (χ0) is 28.7. The molecule has 0 bridgehead atoms. The Balaban J connectivity index is 1.18. The van der Waals surface area contributed by atoms with Crippen molar-refractivity contribution in [1.82, 2.24) is 29.5 Å². The van der Waals surface area contributed by atoms with Gasteiger partial charge in [-0.3, -0.25) is 4.57 Å². The maximum Gasteiger partial charge on any atom is 0.421 e. The minimum absolute atomic E-state index is 0.0156. The summed E-state index contributed by atoms with van der Waals surface area (Å²) in [5.41, 5.74) is 0.0881. The summed E-state index contributed by atoms with van der Waals surface area (Å²) in [6.07, 6.45) is 8.73. The van der Waals surface area contributed by atoms with Crippen molar-refractivity contribution in [3.63, 3.8) is 0 Å². The topological polar surface area (TPSA) is 150 Å². The molecule has 2 fully saturated rings. The van der Waals surface area contributed by atoms with Crippen LogP contribution in [0.4, 0.5) is 20.8 Å². The van der Waals surface area contributed by atoms with E-state index >= 15 is 0 Å². The Morgan fingerprint density at radius 1 is 1.18 bits per heavy atom. The molecule has 214 valence electrons. The zero-order valence-corrected chi connectivity index (χ0v) is 23.5. The second-order valence-corrected chi connectivity index (χ2v) is 13.1. The van der Waals surface area contributed by atoms with Crippen molar-refractivity contribution in [3.8, 4) is 6.01 Å². The van der Waals surface area contributed by atoms with E-state index in [1.807, 2.05) is 4.57 Å². The summed E-state index contributed by atoms with van der Waals surface area (Å²) in [6.45, 7) is 6.95. The van der Waals surface area contributed by atoms with Crippen LogP contribution in [0.2, 0.25) is 0 Å². The number of halogens is 1. The van der Waals surface area contributed by atoms with E-state index in [0.29, 0.717) is 6.01 Å². The van der Waals surface area contributed by atoms with Crippen molar-refractivity contribution in [2.24, 2.45) is 0 Å². The number of nitrogens with zero attached hydrogens (tertiary/aromatic N) is 5. The number of carbonyl (C=O) groups is 1. The quantitative estimate of drug-likeness (QED) is 0.397. The molecule has 2 atom stereocenters. The first-order valence-corrected chi connectivity index (χ1v) is 14.5. The Kier molecular flexibility index (Phi) is 7.15. The normalized spacial score (nSPS) is 20.1. The van der Waals surface area contributed by atoms with Gasteiger partial charge in [-0.25, -0.2) is 32.3 Å². The largest absolute Gasteiger partial charge is 0.460 e. The van der Waals surface area contributed by atoms with Crippen LogP contribution in [0.25, 0.3) is 0 Å².